The number of carbonyl (C=O) groups is 1. The molecule has 0 unspecified atom stereocenters. The van der Waals surface area contributed by atoms with Gasteiger partial charge in [-0.15, -0.1) is 0 Å². The largest absolute Gasteiger partial charge is 0.497 e. The van der Waals surface area contributed by atoms with Gasteiger partial charge in [0.15, 0.2) is 11.5 Å². The molecule has 0 N–H and O–H groups in total. The highest BCUT2D eigenvalue weighted by Crippen LogP contribution is 2.28. The van der Waals surface area contributed by atoms with Gasteiger partial charge in [-0.1, -0.05) is 18.2 Å². The SMILES string of the molecule is CCOc1cc(/C=C/C(=O)N(C)Cc2cccc(OC)c2)ccc1OC. The number of amides is 1. The summed E-state index contributed by atoms with van der Waals surface area (Å²) in [5.74, 6) is 2.03. The molecule has 0 saturated carbocycles. The molecular formula is C21H25NO4. The lowest BCUT2D eigenvalue weighted by Gasteiger charge is -2.15. The Morgan fingerprint density at radius 2 is 1.88 bits per heavy atom. The molecule has 0 aliphatic carbocycles. The summed E-state index contributed by atoms with van der Waals surface area (Å²) >= 11 is 0. The summed E-state index contributed by atoms with van der Waals surface area (Å²) in [5.41, 5.74) is 1.88. The molecule has 0 saturated heterocycles. The number of hydrogen-bond donors (Lipinski definition) is 0. The summed E-state index contributed by atoms with van der Waals surface area (Å²) in [4.78, 5) is 14.0. The van der Waals surface area contributed by atoms with E-state index in [9.17, 15) is 4.79 Å². The number of benzene rings is 2. The van der Waals surface area contributed by atoms with Gasteiger partial charge in [-0.2, -0.15) is 0 Å². The van der Waals surface area contributed by atoms with Gasteiger partial charge in [-0.05, 0) is 48.4 Å². The first-order chi connectivity index (χ1) is 12.6. The maximum absolute atomic E-state index is 12.4. The van der Waals surface area contributed by atoms with Crippen LogP contribution >= 0.6 is 0 Å². The third-order valence-corrected chi connectivity index (χ3v) is 3.84. The molecule has 2 aromatic rings. The minimum absolute atomic E-state index is 0.0819. The molecule has 0 fully saturated rings. The average Bonchev–Trinajstić information content (AvgIpc) is 2.66. The van der Waals surface area contributed by atoms with Crippen LogP contribution in [0.3, 0.4) is 0 Å². The van der Waals surface area contributed by atoms with Gasteiger partial charge in [0.1, 0.15) is 5.75 Å². The zero-order valence-corrected chi connectivity index (χ0v) is 15.7. The highest BCUT2D eigenvalue weighted by atomic mass is 16.5. The zero-order chi connectivity index (χ0) is 18.9. The molecule has 0 radical (unpaired) electrons. The number of ether oxygens (including phenoxy) is 3. The van der Waals surface area contributed by atoms with Gasteiger partial charge in [0.25, 0.3) is 0 Å². The van der Waals surface area contributed by atoms with Crippen molar-refractivity contribution in [3.05, 3.63) is 59.7 Å². The lowest BCUT2D eigenvalue weighted by molar-refractivity contribution is -0.125. The molecule has 2 aromatic carbocycles. The molecule has 26 heavy (non-hydrogen) atoms. The number of likely N-dealkylation sites (N-methyl/N-ethyl adjacent to an activating group) is 1. The molecule has 0 aliphatic rings. The van der Waals surface area contributed by atoms with Crippen LogP contribution in [-0.2, 0) is 11.3 Å². The number of hydrogen-bond acceptors (Lipinski definition) is 4. The van der Waals surface area contributed by atoms with Crippen LogP contribution in [0.5, 0.6) is 17.2 Å². The quantitative estimate of drug-likeness (QED) is 0.676. The summed E-state index contributed by atoms with van der Waals surface area (Å²) in [6, 6.07) is 13.2. The lowest BCUT2D eigenvalue weighted by Crippen LogP contribution is -2.24. The summed E-state index contributed by atoms with van der Waals surface area (Å²) in [6.45, 7) is 2.97. The topological polar surface area (TPSA) is 48.0 Å². The van der Waals surface area contributed by atoms with Crippen molar-refractivity contribution in [3.63, 3.8) is 0 Å². The van der Waals surface area contributed by atoms with Crippen molar-refractivity contribution in [3.8, 4) is 17.2 Å². The minimum atomic E-state index is -0.0819. The van der Waals surface area contributed by atoms with Crippen molar-refractivity contribution in [2.45, 2.75) is 13.5 Å². The van der Waals surface area contributed by atoms with Gasteiger partial charge >= 0.3 is 0 Å². The van der Waals surface area contributed by atoms with Crippen molar-refractivity contribution < 1.29 is 19.0 Å². The summed E-state index contributed by atoms with van der Waals surface area (Å²) < 4.78 is 16.0. The van der Waals surface area contributed by atoms with Gasteiger partial charge in [0, 0.05) is 19.7 Å². The third-order valence-electron chi connectivity index (χ3n) is 3.84. The molecule has 0 aliphatic heterocycles. The number of nitrogens with zero attached hydrogens (tertiary/aromatic N) is 1. The standard InChI is InChI=1S/C21H25NO4/c1-5-26-20-14-16(9-11-19(20)25-4)10-12-21(23)22(2)15-17-7-6-8-18(13-17)24-3/h6-14H,5,15H2,1-4H3/b12-10+. The van der Waals surface area contributed by atoms with E-state index >= 15 is 0 Å². The Morgan fingerprint density at radius 1 is 1.08 bits per heavy atom. The van der Waals surface area contributed by atoms with E-state index in [0.29, 0.717) is 24.7 Å². The fourth-order valence-corrected chi connectivity index (χ4v) is 2.48. The van der Waals surface area contributed by atoms with Crippen LogP contribution in [0.15, 0.2) is 48.5 Å². The van der Waals surface area contributed by atoms with Gasteiger partial charge in [-0.25, -0.2) is 0 Å². The normalized spacial score (nSPS) is 10.6. The molecule has 1 amide bonds. The number of methoxy groups -OCH3 is 2. The van der Waals surface area contributed by atoms with Crippen molar-refractivity contribution in [2.24, 2.45) is 0 Å². The Hall–Kier alpha value is -2.95. The number of rotatable bonds is 8. The summed E-state index contributed by atoms with van der Waals surface area (Å²) in [5, 5.41) is 0. The molecule has 5 heteroatoms. The maximum atomic E-state index is 12.4. The van der Waals surface area contributed by atoms with Crippen molar-refractivity contribution in [1.29, 1.82) is 0 Å². The van der Waals surface area contributed by atoms with Crippen molar-refractivity contribution in [1.82, 2.24) is 4.90 Å². The third kappa shape index (κ3) is 5.28. The second-order valence-electron chi connectivity index (χ2n) is 5.72. The summed E-state index contributed by atoms with van der Waals surface area (Å²) in [6.07, 6.45) is 3.32. The van der Waals surface area contributed by atoms with Gasteiger partial charge in [0.2, 0.25) is 5.91 Å². The first-order valence-electron chi connectivity index (χ1n) is 8.44. The molecule has 0 aromatic heterocycles. The van der Waals surface area contributed by atoms with E-state index in [1.165, 1.54) is 0 Å². The Morgan fingerprint density at radius 3 is 2.58 bits per heavy atom. The van der Waals surface area contributed by atoms with Gasteiger partial charge < -0.3 is 19.1 Å². The van der Waals surface area contributed by atoms with Crippen molar-refractivity contribution in [2.75, 3.05) is 27.9 Å². The van der Waals surface area contributed by atoms with Crippen LogP contribution in [-0.4, -0.2) is 38.7 Å². The van der Waals surface area contributed by atoms with Crippen LogP contribution < -0.4 is 14.2 Å². The molecule has 0 spiro atoms. The molecular weight excluding hydrogens is 330 g/mol. The van der Waals surface area contributed by atoms with E-state index < -0.39 is 0 Å². The predicted octanol–water partition coefficient (Wildman–Crippen LogP) is 3.77. The van der Waals surface area contributed by atoms with Crippen LogP contribution in [0.25, 0.3) is 6.08 Å². The Bertz CT molecular complexity index is 770. The predicted molar refractivity (Wildman–Crippen MR) is 103 cm³/mol. The highest BCUT2D eigenvalue weighted by Gasteiger charge is 2.08. The van der Waals surface area contributed by atoms with E-state index in [-0.39, 0.29) is 5.91 Å². The van der Waals surface area contributed by atoms with E-state index in [1.54, 1.807) is 38.3 Å². The van der Waals surface area contributed by atoms with E-state index in [4.69, 9.17) is 14.2 Å². The van der Waals surface area contributed by atoms with E-state index in [2.05, 4.69) is 0 Å². The Labute approximate surface area is 154 Å². The molecule has 0 atom stereocenters. The number of carbonyl (C=O) groups excluding carboxylic acids is 1. The van der Waals surface area contributed by atoms with E-state index in [1.807, 2.05) is 49.4 Å². The van der Waals surface area contributed by atoms with Gasteiger partial charge in [-0.3, -0.25) is 4.79 Å². The van der Waals surface area contributed by atoms with Gasteiger partial charge in [0.05, 0.1) is 20.8 Å². The maximum Gasteiger partial charge on any atom is 0.246 e. The van der Waals surface area contributed by atoms with Crippen molar-refractivity contribution >= 4 is 12.0 Å². The van der Waals surface area contributed by atoms with Crippen LogP contribution in [0.2, 0.25) is 0 Å². The van der Waals surface area contributed by atoms with Crippen LogP contribution in [0, 0.1) is 0 Å². The van der Waals surface area contributed by atoms with Crippen LogP contribution in [0.1, 0.15) is 18.1 Å². The fourth-order valence-electron chi connectivity index (χ4n) is 2.48. The second-order valence-corrected chi connectivity index (χ2v) is 5.72. The monoisotopic (exact) mass is 355 g/mol. The second kappa shape index (κ2) is 9.51. The molecule has 5 nitrogen and oxygen atoms in total. The summed E-state index contributed by atoms with van der Waals surface area (Å²) in [7, 11) is 5.00. The lowest BCUT2D eigenvalue weighted by atomic mass is 10.1. The molecule has 2 rings (SSSR count). The molecule has 0 bridgehead atoms. The fraction of sp³-hybridized carbons (Fsp3) is 0.286. The molecule has 138 valence electrons. The Balaban J connectivity index is 2.04. The smallest absolute Gasteiger partial charge is 0.246 e. The van der Waals surface area contributed by atoms with Crippen LogP contribution in [0.4, 0.5) is 0 Å². The Kier molecular flexibility index (Phi) is 7.09. The first-order valence-corrected chi connectivity index (χ1v) is 8.44. The zero-order valence-electron chi connectivity index (χ0n) is 15.7. The molecule has 0 heterocycles. The minimum Gasteiger partial charge on any atom is -0.497 e. The first kappa shape index (κ1) is 19.4. The van der Waals surface area contributed by atoms with E-state index in [0.717, 1.165) is 16.9 Å². The average molecular weight is 355 g/mol. The highest BCUT2D eigenvalue weighted by molar-refractivity contribution is 5.91.